The molecule has 4 atom stereocenters. The minimum Gasteiger partial charge on any atom is -0.353 e. The molecule has 0 heterocycles. The van der Waals surface area contributed by atoms with Gasteiger partial charge in [0.1, 0.15) is 0 Å². The van der Waals surface area contributed by atoms with E-state index in [1.54, 1.807) is 0 Å². The van der Waals surface area contributed by atoms with Crippen molar-refractivity contribution in [2.24, 2.45) is 23.2 Å². The van der Waals surface area contributed by atoms with Crippen LogP contribution in [0, 0.1) is 23.2 Å². The topological polar surface area (TPSA) is 29.1 Å². The highest BCUT2D eigenvalue weighted by Gasteiger charge is 2.37. The molecule has 2 heteroatoms. The first-order valence-electron chi connectivity index (χ1n) is 8.84. The summed E-state index contributed by atoms with van der Waals surface area (Å²) in [6, 6.07) is 0.446. The molecule has 0 aliphatic heterocycles. The molecule has 3 rings (SSSR count). The van der Waals surface area contributed by atoms with Gasteiger partial charge in [0.05, 0.1) is 0 Å². The van der Waals surface area contributed by atoms with Gasteiger partial charge in [-0.05, 0) is 55.8 Å². The number of amides is 1. The maximum Gasteiger partial charge on any atom is 0.223 e. The molecule has 20 heavy (non-hydrogen) atoms. The van der Waals surface area contributed by atoms with Crippen molar-refractivity contribution in [3.63, 3.8) is 0 Å². The maximum absolute atomic E-state index is 12.5. The molecule has 1 N–H and O–H groups in total. The van der Waals surface area contributed by atoms with Gasteiger partial charge in [0.15, 0.2) is 0 Å². The van der Waals surface area contributed by atoms with Gasteiger partial charge in [0.25, 0.3) is 0 Å². The predicted molar refractivity (Wildman–Crippen MR) is 82.4 cm³/mol. The summed E-state index contributed by atoms with van der Waals surface area (Å²) in [6.45, 7) is 4.65. The Labute approximate surface area is 124 Å². The second kappa shape index (κ2) is 5.69. The van der Waals surface area contributed by atoms with Crippen LogP contribution < -0.4 is 5.32 Å². The Hall–Kier alpha value is -0.530. The van der Waals surface area contributed by atoms with Crippen molar-refractivity contribution in [2.45, 2.75) is 84.1 Å². The van der Waals surface area contributed by atoms with E-state index in [1.165, 1.54) is 51.4 Å². The van der Waals surface area contributed by atoms with Gasteiger partial charge in [0.2, 0.25) is 5.91 Å². The van der Waals surface area contributed by atoms with Crippen LogP contribution in [0.4, 0.5) is 0 Å². The van der Waals surface area contributed by atoms with Crippen molar-refractivity contribution in [2.75, 3.05) is 0 Å². The first-order valence-corrected chi connectivity index (χ1v) is 8.84. The Kier molecular flexibility index (Phi) is 4.10. The van der Waals surface area contributed by atoms with Crippen molar-refractivity contribution in [1.29, 1.82) is 0 Å². The number of hydrogen-bond acceptors (Lipinski definition) is 1. The first kappa shape index (κ1) is 14.4. The molecule has 0 radical (unpaired) electrons. The van der Waals surface area contributed by atoms with Crippen LogP contribution >= 0.6 is 0 Å². The molecule has 114 valence electrons. The SMILES string of the molecule is CC1(C)CCC(NC(=O)C2CCC3CCCCC3C2)C1. The molecular weight excluding hydrogens is 246 g/mol. The van der Waals surface area contributed by atoms with E-state index in [1.807, 2.05) is 0 Å². The van der Waals surface area contributed by atoms with Gasteiger partial charge in [-0.2, -0.15) is 0 Å². The smallest absolute Gasteiger partial charge is 0.223 e. The van der Waals surface area contributed by atoms with Crippen LogP contribution in [0.1, 0.15) is 78.1 Å². The van der Waals surface area contributed by atoms with Gasteiger partial charge in [-0.15, -0.1) is 0 Å². The highest BCUT2D eigenvalue weighted by molar-refractivity contribution is 5.79. The Morgan fingerprint density at radius 3 is 2.45 bits per heavy atom. The maximum atomic E-state index is 12.5. The van der Waals surface area contributed by atoms with Gasteiger partial charge < -0.3 is 5.32 Å². The Morgan fingerprint density at radius 1 is 1.00 bits per heavy atom. The van der Waals surface area contributed by atoms with Crippen molar-refractivity contribution < 1.29 is 4.79 Å². The number of carbonyl (C=O) groups is 1. The largest absolute Gasteiger partial charge is 0.353 e. The first-order chi connectivity index (χ1) is 9.53. The lowest BCUT2D eigenvalue weighted by molar-refractivity contribution is -0.128. The third-order valence-corrected chi connectivity index (χ3v) is 6.23. The van der Waals surface area contributed by atoms with Crippen LogP contribution in [-0.4, -0.2) is 11.9 Å². The lowest BCUT2D eigenvalue weighted by atomic mass is 9.67. The fraction of sp³-hybridized carbons (Fsp3) is 0.944. The van der Waals surface area contributed by atoms with E-state index in [4.69, 9.17) is 0 Å². The second-order valence-electron chi connectivity index (χ2n) is 8.43. The zero-order valence-electron chi connectivity index (χ0n) is 13.3. The minimum absolute atomic E-state index is 0.318. The molecule has 4 unspecified atom stereocenters. The molecule has 1 amide bonds. The molecular formula is C18H31NO. The summed E-state index contributed by atoms with van der Waals surface area (Å²) in [6.07, 6.45) is 12.8. The number of hydrogen-bond donors (Lipinski definition) is 1. The zero-order chi connectivity index (χ0) is 14.2. The van der Waals surface area contributed by atoms with Crippen LogP contribution in [-0.2, 0) is 4.79 Å². The number of fused-ring (bicyclic) bond motifs is 1. The van der Waals surface area contributed by atoms with Crippen molar-refractivity contribution in [3.8, 4) is 0 Å². The zero-order valence-corrected chi connectivity index (χ0v) is 13.3. The predicted octanol–water partition coefficient (Wildman–Crippen LogP) is 4.29. The fourth-order valence-corrected chi connectivity index (χ4v) is 4.99. The lowest BCUT2D eigenvalue weighted by Crippen LogP contribution is -2.41. The van der Waals surface area contributed by atoms with Gasteiger partial charge in [-0.1, -0.05) is 39.5 Å². The lowest BCUT2D eigenvalue weighted by Gasteiger charge is -2.39. The van der Waals surface area contributed by atoms with Gasteiger partial charge in [0, 0.05) is 12.0 Å². The van der Waals surface area contributed by atoms with Crippen LogP contribution in [0.25, 0.3) is 0 Å². The van der Waals surface area contributed by atoms with E-state index in [-0.39, 0.29) is 0 Å². The van der Waals surface area contributed by atoms with E-state index in [9.17, 15) is 4.79 Å². The Bertz CT molecular complexity index is 362. The van der Waals surface area contributed by atoms with E-state index in [0.717, 1.165) is 24.7 Å². The summed E-state index contributed by atoms with van der Waals surface area (Å²) in [5.74, 6) is 2.49. The Morgan fingerprint density at radius 2 is 1.75 bits per heavy atom. The molecule has 0 spiro atoms. The van der Waals surface area contributed by atoms with Gasteiger partial charge in [-0.3, -0.25) is 4.79 Å². The summed E-state index contributed by atoms with van der Waals surface area (Å²) in [4.78, 5) is 12.5. The quantitative estimate of drug-likeness (QED) is 0.801. The highest BCUT2D eigenvalue weighted by Crippen LogP contribution is 2.43. The summed E-state index contributed by atoms with van der Waals surface area (Å²) in [5, 5.41) is 3.36. The Balaban J connectivity index is 1.50. The summed E-state index contributed by atoms with van der Waals surface area (Å²) in [7, 11) is 0. The van der Waals surface area contributed by atoms with Crippen molar-refractivity contribution >= 4 is 5.91 Å². The molecule has 0 aromatic heterocycles. The van der Waals surface area contributed by atoms with Crippen molar-refractivity contribution in [3.05, 3.63) is 0 Å². The van der Waals surface area contributed by atoms with E-state index < -0.39 is 0 Å². The molecule has 0 saturated heterocycles. The molecule has 3 aliphatic carbocycles. The van der Waals surface area contributed by atoms with Gasteiger partial charge >= 0.3 is 0 Å². The summed E-state index contributed by atoms with van der Waals surface area (Å²) >= 11 is 0. The average Bonchev–Trinajstić information content (AvgIpc) is 2.77. The van der Waals surface area contributed by atoms with E-state index >= 15 is 0 Å². The molecule has 0 aromatic carbocycles. The highest BCUT2D eigenvalue weighted by atomic mass is 16.1. The third-order valence-electron chi connectivity index (χ3n) is 6.23. The molecule has 2 nitrogen and oxygen atoms in total. The van der Waals surface area contributed by atoms with Crippen molar-refractivity contribution in [1.82, 2.24) is 5.32 Å². The van der Waals surface area contributed by atoms with Crippen LogP contribution in [0.5, 0.6) is 0 Å². The van der Waals surface area contributed by atoms with E-state index in [2.05, 4.69) is 19.2 Å². The molecule has 3 aliphatic rings. The summed E-state index contributed by atoms with van der Waals surface area (Å²) in [5.41, 5.74) is 0.430. The molecule has 3 fully saturated rings. The number of nitrogens with one attached hydrogen (secondary N) is 1. The standard InChI is InChI=1S/C18H31NO/c1-18(2)10-9-16(12-18)19-17(20)15-8-7-13-5-3-4-6-14(13)11-15/h13-16H,3-12H2,1-2H3,(H,19,20). The van der Waals surface area contributed by atoms with Gasteiger partial charge in [-0.25, -0.2) is 0 Å². The monoisotopic (exact) mass is 277 g/mol. The second-order valence-corrected chi connectivity index (χ2v) is 8.43. The molecule has 0 bridgehead atoms. The number of carbonyl (C=O) groups excluding carboxylic acids is 1. The summed E-state index contributed by atoms with van der Waals surface area (Å²) < 4.78 is 0. The van der Waals surface area contributed by atoms with Crippen LogP contribution in [0.3, 0.4) is 0 Å². The molecule has 3 saturated carbocycles. The third kappa shape index (κ3) is 3.20. The van der Waals surface area contributed by atoms with Crippen LogP contribution in [0.2, 0.25) is 0 Å². The van der Waals surface area contributed by atoms with Crippen LogP contribution in [0.15, 0.2) is 0 Å². The normalized spacial score (nSPS) is 40.1. The average molecular weight is 277 g/mol. The number of rotatable bonds is 2. The van der Waals surface area contributed by atoms with E-state index in [0.29, 0.717) is 23.3 Å². The molecule has 0 aromatic rings. The minimum atomic E-state index is 0.318. The fourth-order valence-electron chi connectivity index (χ4n) is 4.99.